The normalized spacial score (nSPS) is 27.1. The van der Waals surface area contributed by atoms with Gasteiger partial charge in [0.15, 0.2) is 0 Å². The largest absolute Gasteiger partial charge is 0.376 e. The number of carbonyl (C=O) groups excluding carboxylic acids is 1. The monoisotopic (exact) mass is 253 g/mol. The molecule has 1 saturated carbocycles. The number of hydrogen-bond donors (Lipinski definition) is 1. The van der Waals surface area contributed by atoms with Gasteiger partial charge in [-0.1, -0.05) is 32.1 Å². The van der Waals surface area contributed by atoms with E-state index in [2.05, 4.69) is 12.2 Å². The zero-order valence-electron chi connectivity index (χ0n) is 11.6. The van der Waals surface area contributed by atoms with Crippen LogP contribution in [-0.4, -0.2) is 24.7 Å². The first-order valence-electron chi connectivity index (χ1n) is 7.66. The maximum Gasteiger partial charge on any atom is 0.220 e. The van der Waals surface area contributed by atoms with Gasteiger partial charge in [0.05, 0.1) is 12.1 Å². The molecular formula is C15H27NO2. The van der Waals surface area contributed by atoms with Crippen molar-refractivity contribution in [2.75, 3.05) is 6.61 Å². The van der Waals surface area contributed by atoms with Gasteiger partial charge in [0.2, 0.25) is 5.91 Å². The van der Waals surface area contributed by atoms with Gasteiger partial charge < -0.3 is 10.1 Å². The molecule has 3 nitrogen and oxygen atoms in total. The van der Waals surface area contributed by atoms with E-state index in [1.54, 1.807) is 0 Å². The van der Waals surface area contributed by atoms with Crippen molar-refractivity contribution in [1.29, 1.82) is 0 Å². The summed E-state index contributed by atoms with van der Waals surface area (Å²) in [6.07, 6.45) is 11.0. The molecule has 0 aromatic rings. The van der Waals surface area contributed by atoms with E-state index in [4.69, 9.17) is 4.74 Å². The fraction of sp³-hybridized carbons (Fsp3) is 0.933. The van der Waals surface area contributed by atoms with Crippen LogP contribution in [0, 0.1) is 5.92 Å². The lowest BCUT2D eigenvalue weighted by atomic mass is 9.86. The first kappa shape index (κ1) is 13.9. The van der Waals surface area contributed by atoms with Crippen LogP contribution in [0.15, 0.2) is 0 Å². The smallest absolute Gasteiger partial charge is 0.220 e. The lowest BCUT2D eigenvalue weighted by Crippen LogP contribution is -2.40. The highest BCUT2D eigenvalue weighted by Gasteiger charge is 2.23. The summed E-state index contributed by atoms with van der Waals surface area (Å²) in [6, 6.07) is 0.173. The van der Waals surface area contributed by atoms with Gasteiger partial charge in [0.1, 0.15) is 0 Å². The van der Waals surface area contributed by atoms with E-state index in [-0.39, 0.29) is 18.1 Å². The molecule has 2 atom stereocenters. The molecule has 0 aromatic heterocycles. The van der Waals surface area contributed by atoms with Crippen molar-refractivity contribution in [2.45, 2.75) is 76.9 Å². The van der Waals surface area contributed by atoms with Gasteiger partial charge in [-0.15, -0.1) is 0 Å². The van der Waals surface area contributed by atoms with Crippen LogP contribution < -0.4 is 5.32 Å². The molecule has 3 heteroatoms. The summed E-state index contributed by atoms with van der Waals surface area (Å²) in [5, 5.41) is 3.10. The third-order valence-electron chi connectivity index (χ3n) is 4.42. The van der Waals surface area contributed by atoms with E-state index < -0.39 is 0 Å². The summed E-state index contributed by atoms with van der Waals surface area (Å²) in [7, 11) is 0. The second-order valence-electron chi connectivity index (χ2n) is 5.95. The highest BCUT2D eigenvalue weighted by molar-refractivity contribution is 5.76. The molecule has 1 saturated heterocycles. The Hall–Kier alpha value is -0.570. The maximum atomic E-state index is 11.9. The van der Waals surface area contributed by atoms with E-state index in [0.717, 1.165) is 31.8 Å². The second-order valence-corrected chi connectivity index (χ2v) is 5.95. The van der Waals surface area contributed by atoms with Crippen LogP contribution >= 0.6 is 0 Å². The van der Waals surface area contributed by atoms with Crippen molar-refractivity contribution >= 4 is 5.91 Å². The quantitative estimate of drug-likeness (QED) is 0.818. The minimum Gasteiger partial charge on any atom is -0.376 e. The molecule has 104 valence electrons. The van der Waals surface area contributed by atoms with E-state index >= 15 is 0 Å². The van der Waals surface area contributed by atoms with Crippen molar-refractivity contribution in [3.8, 4) is 0 Å². The Labute approximate surface area is 111 Å². The average Bonchev–Trinajstić information content (AvgIpc) is 2.91. The number of hydrogen-bond acceptors (Lipinski definition) is 2. The maximum absolute atomic E-state index is 11.9. The van der Waals surface area contributed by atoms with Gasteiger partial charge in [0.25, 0.3) is 0 Å². The van der Waals surface area contributed by atoms with Crippen LogP contribution in [0.5, 0.6) is 0 Å². The molecule has 2 fully saturated rings. The molecule has 1 heterocycles. The highest BCUT2D eigenvalue weighted by atomic mass is 16.5. The van der Waals surface area contributed by atoms with Crippen LogP contribution in [0.4, 0.5) is 0 Å². The topological polar surface area (TPSA) is 38.3 Å². The van der Waals surface area contributed by atoms with Gasteiger partial charge in [0, 0.05) is 13.0 Å². The van der Waals surface area contributed by atoms with Gasteiger partial charge in [-0.3, -0.25) is 4.79 Å². The number of ether oxygens (including phenoxy) is 1. The summed E-state index contributed by atoms with van der Waals surface area (Å²) in [5.41, 5.74) is 0. The van der Waals surface area contributed by atoms with Crippen LogP contribution in [0.1, 0.15) is 64.7 Å². The SMILES string of the molecule is C[C@H](NC(=O)CCC1CCCCC1)[C@@H]1CCCO1. The number of amides is 1. The Morgan fingerprint density at radius 2 is 2.00 bits per heavy atom. The molecule has 1 aliphatic heterocycles. The fourth-order valence-electron chi connectivity index (χ4n) is 3.23. The molecule has 2 rings (SSSR count). The molecular weight excluding hydrogens is 226 g/mol. The Balaban J connectivity index is 1.61. The standard InChI is InChI=1S/C15H27NO2/c1-12(14-8-5-11-18-14)16-15(17)10-9-13-6-3-2-4-7-13/h12-14H,2-11H2,1H3,(H,16,17)/t12-,14-/m0/s1. The number of rotatable bonds is 5. The number of carbonyl (C=O) groups is 1. The Morgan fingerprint density at radius 3 is 2.67 bits per heavy atom. The van der Waals surface area contributed by atoms with Gasteiger partial charge in [-0.05, 0) is 32.1 Å². The first-order valence-corrected chi connectivity index (χ1v) is 7.66. The molecule has 18 heavy (non-hydrogen) atoms. The predicted octanol–water partition coefficient (Wildman–Crippen LogP) is 3.03. The first-order chi connectivity index (χ1) is 8.75. The fourth-order valence-corrected chi connectivity index (χ4v) is 3.23. The molecule has 0 aromatic carbocycles. The van der Waals surface area contributed by atoms with Gasteiger partial charge >= 0.3 is 0 Å². The van der Waals surface area contributed by atoms with E-state index in [9.17, 15) is 4.79 Å². The summed E-state index contributed by atoms with van der Waals surface area (Å²) in [4.78, 5) is 11.9. The molecule has 0 spiro atoms. The van der Waals surface area contributed by atoms with Crippen molar-refractivity contribution in [3.63, 3.8) is 0 Å². The second kappa shape index (κ2) is 7.13. The van der Waals surface area contributed by atoms with Crippen molar-refractivity contribution in [3.05, 3.63) is 0 Å². The molecule has 0 bridgehead atoms. The average molecular weight is 253 g/mol. The van der Waals surface area contributed by atoms with Crippen LogP contribution in [-0.2, 0) is 9.53 Å². The van der Waals surface area contributed by atoms with Gasteiger partial charge in [-0.25, -0.2) is 0 Å². The van der Waals surface area contributed by atoms with Crippen LogP contribution in [0.25, 0.3) is 0 Å². The minimum atomic E-state index is 0.173. The molecule has 1 aliphatic carbocycles. The van der Waals surface area contributed by atoms with Crippen molar-refractivity contribution < 1.29 is 9.53 Å². The Morgan fingerprint density at radius 1 is 1.22 bits per heavy atom. The summed E-state index contributed by atoms with van der Waals surface area (Å²) in [6.45, 7) is 2.92. The lowest BCUT2D eigenvalue weighted by molar-refractivity contribution is -0.122. The van der Waals surface area contributed by atoms with Crippen LogP contribution in [0.2, 0.25) is 0 Å². The third-order valence-corrected chi connectivity index (χ3v) is 4.42. The zero-order chi connectivity index (χ0) is 12.8. The third kappa shape index (κ3) is 4.27. The molecule has 0 unspecified atom stereocenters. The molecule has 1 amide bonds. The Bertz CT molecular complexity index is 255. The van der Waals surface area contributed by atoms with Gasteiger partial charge in [-0.2, -0.15) is 0 Å². The number of nitrogens with one attached hydrogen (secondary N) is 1. The lowest BCUT2D eigenvalue weighted by Gasteiger charge is -2.23. The predicted molar refractivity (Wildman–Crippen MR) is 72.4 cm³/mol. The summed E-state index contributed by atoms with van der Waals surface area (Å²) in [5.74, 6) is 1.01. The van der Waals surface area contributed by atoms with Crippen molar-refractivity contribution in [1.82, 2.24) is 5.32 Å². The van der Waals surface area contributed by atoms with Crippen LogP contribution in [0.3, 0.4) is 0 Å². The molecule has 2 aliphatic rings. The summed E-state index contributed by atoms with van der Waals surface area (Å²) >= 11 is 0. The highest BCUT2D eigenvalue weighted by Crippen LogP contribution is 2.27. The minimum absolute atomic E-state index is 0.173. The zero-order valence-corrected chi connectivity index (χ0v) is 11.6. The van der Waals surface area contributed by atoms with E-state index in [1.807, 2.05) is 0 Å². The molecule has 1 N–H and O–H groups in total. The van der Waals surface area contributed by atoms with E-state index in [0.29, 0.717) is 6.42 Å². The summed E-state index contributed by atoms with van der Waals surface area (Å²) < 4.78 is 5.60. The Kier molecular flexibility index (Phi) is 5.48. The molecule has 0 radical (unpaired) electrons. The van der Waals surface area contributed by atoms with Crippen molar-refractivity contribution in [2.24, 2.45) is 5.92 Å². The van der Waals surface area contributed by atoms with E-state index in [1.165, 1.54) is 32.1 Å².